The van der Waals surface area contributed by atoms with Crippen LogP contribution in [0.4, 0.5) is 10.5 Å². The van der Waals surface area contributed by atoms with Gasteiger partial charge in [0.2, 0.25) is 0 Å². The lowest BCUT2D eigenvalue weighted by atomic mass is 10.1. The Morgan fingerprint density at radius 1 is 1.41 bits per heavy atom. The van der Waals surface area contributed by atoms with Crippen LogP contribution in [0.15, 0.2) is 23.1 Å². The molecule has 2 amide bonds. The van der Waals surface area contributed by atoms with Crippen molar-refractivity contribution in [2.75, 3.05) is 18.0 Å². The number of halogens is 1. The first-order valence-corrected chi connectivity index (χ1v) is 7.87. The molecule has 0 radical (unpaired) electrons. The first-order valence-electron chi connectivity index (χ1n) is 6.67. The summed E-state index contributed by atoms with van der Waals surface area (Å²) >= 11 is 7.14. The number of nitrogens with one attached hydrogen (secondary N) is 1. The third-order valence-electron chi connectivity index (χ3n) is 3.60. The van der Waals surface area contributed by atoms with Crippen molar-refractivity contribution in [3.63, 3.8) is 0 Å². The van der Waals surface area contributed by atoms with E-state index in [0.29, 0.717) is 34.3 Å². The van der Waals surface area contributed by atoms with Crippen molar-refractivity contribution in [2.45, 2.75) is 12.1 Å². The van der Waals surface area contributed by atoms with Gasteiger partial charge < -0.3 is 15.7 Å². The fraction of sp³-hybridized carbons (Fsp3) is 0.286. The van der Waals surface area contributed by atoms with E-state index in [2.05, 4.69) is 5.32 Å². The number of hydrogen-bond acceptors (Lipinski definition) is 6. The molecule has 1 aromatic carbocycles. The third kappa shape index (κ3) is 2.85. The topological polar surface area (TPSA) is 95.7 Å². The van der Waals surface area contributed by atoms with Crippen molar-refractivity contribution in [2.24, 2.45) is 5.73 Å². The van der Waals surface area contributed by atoms with Crippen molar-refractivity contribution in [3.05, 3.63) is 33.7 Å². The minimum Gasteiger partial charge on any atom is -0.390 e. The normalized spacial score (nSPS) is 26.9. The number of carbonyl (C=O) groups excluding carboxylic acids is 2. The number of imide groups is 1. The van der Waals surface area contributed by atoms with Gasteiger partial charge >= 0.3 is 0 Å². The SMILES string of the molecule is N[C@H]1CN(c2c(Cl)cccc2/C=C2/SC(=O)NC2=O)C[C@@H]1O. The molecule has 116 valence electrons. The van der Waals surface area contributed by atoms with Gasteiger partial charge in [-0.15, -0.1) is 0 Å². The maximum absolute atomic E-state index is 11.7. The molecule has 0 bridgehead atoms. The van der Waals surface area contributed by atoms with Gasteiger partial charge in [0.1, 0.15) is 0 Å². The number of aliphatic hydroxyl groups excluding tert-OH is 1. The first kappa shape index (κ1) is 15.4. The lowest BCUT2D eigenvalue weighted by molar-refractivity contribution is -0.115. The standard InChI is InChI=1S/C14H14ClN3O3S/c15-8-3-1-2-7(4-11-13(20)17-14(21)22-11)12(8)18-5-9(16)10(19)6-18/h1-4,9-10,19H,5-6,16H2,(H,17,20,21)/b11-4+/t9-,10-/m0/s1. The number of nitrogens with two attached hydrogens (primary N) is 1. The van der Waals surface area contributed by atoms with Gasteiger partial charge in [0, 0.05) is 24.7 Å². The van der Waals surface area contributed by atoms with Crippen molar-refractivity contribution < 1.29 is 14.7 Å². The average molecular weight is 340 g/mol. The molecule has 3 rings (SSSR count). The van der Waals surface area contributed by atoms with Gasteiger partial charge in [-0.25, -0.2) is 0 Å². The number of rotatable bonds is 2. The van der Waals surface area contributed by atoms with E-state index in [1.807, 2.05) is 4.90 Å². The van der Waals surface area contributed by atoms with Crippen LogP contribution in [0.3, 0.4) is 0 Å². The van der Waals surface area contributed by atoms with Crippen molar-refractivity contribution in [3.8, 4) is 0 Å². The molecular formula is C14H14ClN3O3S. The molecule has 0 unspecified atom stereocenters. The monoisotopic (exact) mass is 339 g/mol. The Morgan fingerprint density at radius 3 is 2.77 bits per heavy atom. The number of aliphatic hydroxyl groups is 1. The van der Waals surface area contributed by atoms with Crippen LogP contribution in [0.2, 0.25) is 5.02 Å². The Hall–Kier alpha value is -1.54. The summed E-state index contributed by atoms with van der Waals surface area (Å²) in [7, 11) is 0. The zero-order valence-corrected chi connectivity index (χ0v) is 13.0. The number of para-hydroxylation sites is 1. The molecular weight excluding hydrogens is 326 g/mol. The summed E-state index contributed by atoms with van der Waals surface area (Å²) in [6, 6.07) is 4.97. The molecule has 2 heterocycles. The number of thioether (sulfide) groups is 1. The smallest absolute Gasteiger partial charge is 0.290 e. The molecule has 0 spiro atoms. The van der Waals surface area contributed by atoms with E-state index < -0.39 is 17.3 Å². The number of β-amino-alcohol motifs (C(OH)–C–C–N with tert-alkyl or cyclic N) is 1. The molecule has 2 aliphatic rings. The molecule has 22 heavy (non-hydrogen) atoms. The van der Waals surface area contributed by atoms with Gasteiger partial charge in [-0.3, -0.25) is 14.9 Å². The first-order chi connectivity index (χ1) is 10.5. The predicted octanol–water partition coefficient (Wildman–Crippen LogP) is 1.17. The Kier molecular flexibility index (Phi) is 4.14. The van der Waals surface area contributed by atoms with E-state index in [0.717, 1.165) is 11.8 Å². The lowest BCUT2D eigenvalue weighted by Gasteiger charge is -2.22. The summed E-state index contributed by atoms with van der Waals surface area (Å²) < 4.78 is 0. The summed E-state index contributed by atoms with van der Waals surface area (Å²) in [5, 5.41) is 12.2. The highest BCUT2D eigenvalue weighted by atomic mass is 35.5. The van der Waals surface area contributed by atoms with Crippen molar-refractivity contribution in [1.82, 2.24) is 5.32 Å². The van der Waals surface area contributed by atoms with Crippen LogP contribution in [0.5, 0.6) is 0 Å². The summed E-state index contributed by atoms with van der Waals surface area (Å²) in [6.45, 7) is 0.846. The van der Waals surface area contributed by atoms with E-state index in [-0.39, 0.29) is 6.04 Å². The van der Waals surface area contributed by atoms with Crippen molar-refractivity contribution >= 4 is 46.3 Å². The highest BCUT2D eigenvalue weighted by molar-refractivity contribution is 8.18. The zero-order chi connectivity index (χ0) is 15.9. The Labute approximate surface area is 136 Å². The highest BCUT2D eigenvalue weighted by Gasteiger charge is 2.31. The highest BCUT2D eigenvalue weighted by Crippen LogP contribution is 2.35. The summed E-state index contributed by atoms with van der Waals surface area (Å²) in [5.41, 5.74) is 7.26. The van der Waals surface area contributed by atoms with Crippen LogP contribution < -0.4 is 16.0 Å². The number of anilines is 1. The van der Waals surface area contributed by atoms with Gasteiger partial charge in [0.05, 0.1) is 21.7 Å². The zero-order valence-electron chi connectivity index (χ0n) is 11.5. The molecule has 0 aliphatic carbocycles. The summed E-state index contributed by atoms with van der Waals surface area (Å²) in [4.78, 5) is 25.1. The van der Waals surface area contributed by atoms with E-state index in [4.69, 9.17) is 17.3 Å². The molecule has 2 fully saturated rings. The van der Waals surface area contributed by atoms with Crippen molar-refractivity contribution in [1.29, 1.82) is 0 Å². The molecule has 1 aromatic rings. The maximum Gasteiger partial charge on any atom is 0.290 e. The minimum absolute atomic E-state index is 0.317. The second-order valence-corrected chi connectivity index (χ2v) is 6.59. The number of hydrogen-bond donors (Lipinski definition) is 3. The molecule has 6 nitrogen and oxygen atoms in total. The van der Waals surface area contributed by atoms with Crippen LogP contribution in [0, 0.1) is 0 Å². The molecule has 8 heteroatoms. The third-order valence-corrected chi connectivity index (χ3v) is 4.71. The fourth-order valence-corrected chi connectivity index (χ4v) is 3.51. The van der Waals surface area contributed by atoms with Gasteiger partial charge in [-0.1, -0.05) is 23.7 Å². The van der Waals surface area contributed by atoms with E-state index in [1.54, 1.807) is 24.3 Å². The van der Waals surface area contributed by atoms with Gasteiger partial charge in [0.15, 0.2) is 0 Å². The number of amides is 2. The predicted molar refractivity (Wildman–Crippen MR) is 86.8 cm³/mol. The van der Waals surface area contributed by atoms with Gasteiger partial charge in [-0.05, 0) is 23.9 Å². The van der Waals surface area contributed by atoms with Gasteiger partial charge in [-0.2, -0.15) is 0 Å². The average Bonchev–Trinajstić information content (AvgIpc) is 2.93. The molecule has 2 aliphatic heterocycles. The number of nitrogens with zero attached hydrogens (tertiary/aromatic N) is 1. The summed E-state index contributed by atoms with van der Waals surface area (Å²) in [6.07, 6.45) is 1.00. The quantitative estimate of drug-likeness (QED) is 0.700. The second kappa shape index (κ2) is 5.92. The van der Waals surface area contributed by atoms with Crippen LogP contribution in [-0.4, -0.2) is 41.5 Å². The van der Waals surface area contributed by atoms with Crippen LogP contribution in [-0.2, 0) is 4.79 Å². The largest absolute Gasteiger partial charge is 0.390 e. The van der Waals surface area contributed by atoms with Crippen LogP contribution in [0.1, 0.15) is 5.56 Å². The number of carbonyl (C=O) groups is 2. The fourth-order valence-electron chi connectivity index (χ4n) is 2.54. The Morgan fingerprint density at radius 2 is 2.18 bits per heavy atom. The van der Waals surface area contributed by atoms with E-state index in [9.17, 15) is 14.7 Å². The molecule has 0 aromatic heterocycles. The molecule has 2 saturated heterocycles. The van der Waals surface area contributed by atoms with Crippen LogP contribution >= 0.6 is 23.4 Å². The van der Waals surface area contributed by atoms with E-state index in [1.165, 1.54) is 0 Å². The maximum atomic E-state index is 11.7. The lowest BCUT2D eigenvalue weighted by Crippen LogP contribution is -2.32. The second-order valence-electron chi connectivity index (χ2n) is 5.17. The molecule has 2 atom stereocenters. The van der Waals surface area contributed by atoms with Crippen LogP contribution in [0.25, 0.3) is 6.08 Å². The minimum atomic E-state index is -0.623. The molecule has 4 N–H and O–H groups in total. The van der Waals surface area contributed by atoms with E-state index >= 15 is 0 Å². The molecule has 0 saturated carbocycles. The number of benzene rings is 1. The summed E-state index contributed by atoms with van der Waals surface area (Å²) in [5.74, 6) is -0.418. The Bertz CT molecular complexity index is 669. The van der Waals surface area contributed by atoms with Gasteiger partial charge in [0.25, 0.3) is 11.1 Å². The Balaban J connectivity index is 1.99.